The lowest BCUT2D eigenvalue weighted by molar-refractivity contribution is 0.251. The van der Waals surface area contributed by atoms with Crippen molar-refractivity contribution >= 4 is 23.1 Å². The minimum absolute atomic E-state index is 0.155. The van der Waals surface area contributed by atoms with Gasteiger partial charge in [-0.2, -0.15) is 0 Å². The highest BCUT2D eigenvalue weighted by atomic mass is 32.1. The standard InChI is InChI=1S/C22H25N3OS/c1-15-8-7-10-19(16(15)2)24-22(26)23-14-18-17-9-3-4-11-20(17)27-21(18)25-12-5-6-13-25/h5-8,10,12-13H,3-4,9,11,14H2,1-2H3,(H2,23,24,26). The normalized spacial score (nSPS) is 13.3. The molecule has 0 unspecified atom stereocenters. The summed E-state index contributed by atoms with van der Waals surface area (Å²) in [6, 6.07) is 9.90. The first kappa shape index (κ1) is 17.9. The van der Waals surface area contributed by atoms with E-state index in [1.165, 1.54) is 39.4 Å². The third kappa shape index (κ3) is 3.65. The van der Waals surface area contributed by atoms with Gasteiger partial charge in [0.2, 0.25) is 0 Å². The highest BCUT2D eigenvalue weighted by molar-refractivity contribution is 7.14. The van der Waals surface area contributed by atoms with Gasteiger partial charge in [-0.15, -0.1) is 11.3 Å². The van der Waals surface area contributed by atoms with Crippen molar-refractivity contribution in [3.8, 4) is 5.00 Å². The lowest BCUT2D eigenvalue weighted by Gasteiger charge is -2.15. The maximum atomic E-state index is 12.5. The summed E-state index contributed by atoms with van der Waals surface area (Å²) in [5.41, 5.74) is 5.86. The average Bonchev–Trinajstić information content (AvgIpc) is 3.31. The van der Waals surface area contributed by atoms with E-state index in [-0.39, 0.29) is 6.03 Å². The maximum Gasteiger partial charge on any atom is 0.319 e. The molecule has 27 heavy (non-hydrogen) atoms. The Hall–Kier alpha value is -2.53. The van der Waals surface area contributed by atoms with Gasteiger partial charge in [-0.25, -0.2) is 4.79 Å². The van der Waals surface area contributed by atoms with Crippen LogP contribution in [-0.4, -0.2) is 10.6 Å². The highest BCUT2D eigenvalue weighted by Gasteiger charge is 2.21. The van der Waals surface area contributed by atoms with Crippen molar-refractivity contribution in [1.29, 1.82) is 0 Å². The summed E-state index contributed by atoms with van der Waals surface area (Å²) < 4.78 is 2.17. The number of carbonyl (C=O) groups is 1. The van der Waals surface area contributed by atoms with Gasteiger partial charge >= 0.3 is 6.03 Å². The Kier molecular flexibility index (Phi) is 5.03. The second-order valence-electron chi connectivity index (χ2n) is 7.14. The van der Waals surface area contributed by atoms with E-state index < -0.39 is 0 Å². The summed E-state index contributed by atoms with van der Waals surface area (Å²) in [5.74, 6) is 0. The summed E-state index contributed by atoms with van der Waals surface area (Å²) in [5, 5.41) is 7.31. The molecule has 3 aromatic rings. The van der Waals surface area contributed by atoms with Gasteiger partial charge in [-0.05, 0) is 74.4 Å². The molecule has 0 atom stereocenters. The highest BCUT2D eigenvalue weighted by Crippen LogP contribution is 2.36. The van der Waals surface area contributed by atoms with E-state index in [0.29, 0.717) is 6.54 Å². The summed E-state index contributed by atoms with van der Waals surface area (Å²) in [6.07, 6.45) is 8.93. The third-order valence-electron chi connectivity index (χ3n) is 5.38. The Labute approximate surface area is 164 Å². The van der Waals surface area contributed by atoms with Crippen LogP contribution in [0.2, 0.25) is 0 Å². The average molecular weight is 380 g/mol. The fourth-order valence-electron chi connectivity index (χ4n) is 3.70. The molecular weight excluding hydrogens is 354 g/mol. The largest absolute Gasteiger partial charge is 0.334 e. The molecule has 4 nitrogen and oxygen atoms in total. The number of carbonyl (C=O) groups excluding carboxylic acids is 1. The number of amides is 2. The van der Waals surface area contributed by atoms with Crippen molar-refractivity contribution in [1.82, 2.24) is 9.88 Å². The zero-order chi connectivity index (χ0) is 18.8. The molecule has 0 radical (unpaired) electrons. The molecule has 140 valence electrons. The summed E-state index contributed by atoms with van der Waals surface area (Å²) in [7, 11) is 0. The number of urea groups is 1. The van der Waals surface area contributed by atoms with Crippen molar-refractivity contribution < 1.29 is 4.79 Å². The van der Waals surface area contributed by atoms with E-state index in [4.69, 9.17) is 0 Å². The minimum atomic E-state index is -0.155. The summed E-state index contributed by atoms with van der Waals surface area (Å²) >= 11 is 1.87. The van der Waals surface area contributed by atoms with Crippen LogP contribution >= 0.6 is 11.3 Å². The molecule has 1 aromatic carbocycles. The van der Waals surface area contributed by atoms with E-state index >= 15 is 0 Å². The van der Waals surface area contributed by atoms with Gasteiger partial charge in [0.15, 0.2) is 0 Å². The van der Waals surface area contributed by atoms with Crippen molar-refractivity contribution in [3.05, 3.63) is 69.9 Å². The predicted molar refractivity (Wildman–Crippen MR) is 112 cm³/mol. The number of nitrogens with one attached hydrogen (secondary N) is 2. The van der Waals surface area contributed by atoms with Gasteiger partial charge in [0, 0.05) is 35.1 Å². The summed E-state index contributed by atoms with van der Waals surface area (Å²) in [4.78, 5) is 14.0. The molecule has 0 bridgehead atoms. The number of aromatic nitrogens is 1. The van der Waals surface area contributed by atoms with Gasteiger partial charge in [-0.3, -0.25) is 0 Å². The van der Waals surface area contributed by atoms with Crippen LogP contribution in [0.25, 0.3) is 5.00 Å². The van der Waals surface area contributed by atoms with Crippen LogP contribution in [0.1, 0.15) is 40.0 Å². The van der Waals surface area contributed by atoms with Crippen LogP contribution in [0.4, 0.5) is 10.5 Å². The predicted octanol–water partition coefficient (Wildman–Crippen LogP) is 5.36. The zero-order valence-corrected chi connectivity index (χ0v) is 16.7. The van der Waals surface area contributed by atoms with Gasteiger partial charge in [0.1, 0.15) is 5.00 Å². The van der Waals surface area contributed by atoms with Gasteiger partial charge in [0.25, 0.3) is 0 Å². The number of hydrogen-bond donors (Lipinski definition) is 2. The van der Waals surface area contributed by atoms with E-state index in [1.807, 2.05) is 42.5 Å². The first-order valence-corrected chi connectivity index (χ1v) is 10.3. The van der Waals surface area contributed by atoms with Crippen molar-refractivity contribution in [3.63, 3.8) is 0 Å². The molecule has 4 rings (SSSR count). The Bertz CT molecular complexity index is 956. The third-order valence-corrected chi connectivity index (χ3v) is 6.72. The molecule has 2 aromatic heterocycles. The number of benzene rings is 1. The number of aryl methyl sites for hydroxylation is 2. The molecule has 2 heterocycles. The lowest BCUT2D eigenvalue weighted by Crippen LogP contribution is -2.29. The van der Waals surface area contributed by atoms with E-state index in [0.717, 1.165) is 24.1 Å². The number of hydrogen-bond acceptors (Lipinski definition) is 2. The molecule has 1 aliphatic rings. The molecule has 5 heteroatoms. The second kappa shape index (κ2) is 7.61. The van der Waals surface area contributed by atoms with E-state index in [1.54, 1.807) is 0 Å². The van der Waals surface area contributed by atoms with Crippen molar-refractivity contribution in [2.75, 3.05) is 5.32 Å². The van der Waals surface area contributed by atoms with E-state index in [2.05, 4.69) is 40.6 Å². The second-order valence-corrected chi connectivity index (χ2v) is 8.22. The fraction of sp³-hybridized carbons (Fsp3) is 0.318. The molecular formula is C22H25N3OS. The maximum absolute atomic E-state index is 12.5. The molecule has 1 aliphatic carbocycles. The molecule has 0 spiro atoms. The van der Waals surface area contributed by atoms with Crippen molar-refractivity contribution in [2.45, 2.75) is 46.1 Å². The summed E-state index contributed by atoms with van der Waals surface area (Å²) in [6.45, 7) is 4.64. The Morgan fingerprint density at radius 2 is 1.89 bits per heavy atom. The Balaban J connectivity index is 1.53. The van der Waals surface area contributed by atoms with Crippen LogP contribution in [0.15, 0.2) is 42.7 Å². The smallest absolute Gasteiger partial charge is 0.319 e. The minimum Gasteiger partial charge on any atom is -0.334 e. The lowest BCUT2D eigenvalue weighted by atomic mass is 9.95. The quantitative estimate of drug-likeness (QED) is 0.630. The number of thiophene rings is 1. The Morgan fingerprint density at radius 3 is 2.70 bits per heavy atom. The van der Waals surface area contributed by atoms with Gasteiger partial charge in [0.05, 0.1) is 0 Å². The topological polar surface area (TPSA) is 46.1 Å². The van der Waals surface area contributed by atoms with Crippen LogP contribution in [-0.2, 0) is 19.4 Å². The SMILES string of the molecule is Cc1cccc(NC(=O)NCc2c(-n3cccc3)sc3c2CCCC3)c1C. The Morgan fingerprint density at radius 1 is 1.11 bits per heavy atom. The van der Waals surface area contributed by atoms with Crippen LogP contribution in [0.3, 0.4) is 0 Å². The first-order valence-electron chi connectivity index (χ1n) is 9.51. The first-order chi connectivity index (χ1) is 13.1. The molecule has 0 aliphatic heterocycles. The van der Waals surface area contributed by atoms with Crippen LogP contribution in [0.5, 0.6) is 0 Å². The van der Waals surface area contributed by atoms with Gasteiger partial charge < -0.3 is 15.2 Å². The van der Waals surface area contributed by atoms with Crippen LogP contribution in [0, 0.1) is 13.8 Å². The number of nitrogens with zero attached hydrogens (tertiary/aromatic N) is 1. The molecule has 2 amide bonds. The van der Waals surface area contributed by atoms with Crippen LogP contribution < -0.4 is 10.6 Å². The molecule has 0 saturated carbocycles. The number of anilines is 1. The molecule has 0 fully saturated rings. The molecule has 2 N–H and O–H groups in total. The fourth-order valence-corrected chi connectivity index (χ4v) is 5.07. The molecule has 0 saturated heterocycles. The van der Waals surface area contributed by atoms with E-state index in [9.17, 15) is 4.79 Å². The van der Waals surface area contributed by atoms with Crippen molar-refractivity contribution in [2.24, 2.45) is 0 Å². The number of fused-ring (bicyclic) bond motifs is 1. The number of rotatable bonds is 4. The zero-order valence-electron chi connectivity index (χ0n) is 15.8. The van der Waals surface area contributed by atoms with Gasteiger partial charge in [-0.1, -0.05) is 12.1 Å². The monoisotopic (exact) mass is 379 g/mol.